The Bertz CT molecular complexity index is 879. The Labute approximate surface area is 170 Å². The molecule has 1 fully saturated rings. The van der Waals surface area contributed by atoms with Crippen LogP contribution in [0.25, 0.3) is 0 Å². The van der Waals surface area contributed by atoms with Crippen molar-refractivity contribution in [2.45, 2.75) is 36.5 Å². The summed E-state index contributed by atoms with van der Waals surface area (Å²) >= 11 is 6.06. The molecule has 9 heteroatoms. The van der Waals surface area contributed by atoms with Crippen LogP contribution < -0.4 is 10.6 Å². The number of rotatable bonds is 3. The molecular weight excluding hydrogens is 412 g/mol. The Hall–Kier alpha value is -2.35. The first kappa shape index (κ1) is 21.4. The van der Waals surface area contributed by atoms with Crippen molar-refractivity contribution in [3.8, 4) is 0 Å². The van der Waals surface area contributed by atoms with Gasteiger partial charge in [0.15, 0.2) is 6.17 Å². The van der Waals surface area contributed by atoms with Crippen LogP contribution in [0, 0.1) is 5.92 Å². The van der Waals surface area contributed by atoms with Gasteiger partial charge in [-0.25, -0.2) is 4.39 Å². The molecule has 29 heavy (non-hydrogen) atoms. The smallest absolute Gasteiger partial charge is 0.355 e. The molecule has 0 spiro atoms. The largest absolute Gasteiger partial charge is 0.416 e. The number of nitrogens with one attached hydrogen (secondary N) is 2. The predicted molar refractivity (Wildman–Crippen MR) is 99.8 cm³/mol. The Balaban J connectivity index is 1.88. The highest BCUT2D eigenvalue weighted by Gasteiger charge is 2.42. The maximum Gasteiger partial charge on any atom is 0.416 e. The minimum Gasteiger partial charge on any atom is -0.355 e. The quantitative estimate of drug-likeness (QED) is 0.435. The molecule has 1 saturated heterocycles. The third-order valence-corrected chi connectivity index (χ3v) is 5.42. The molecule has 2 aliphatic rings. The number of allylic oxidation sites excluding steroid dienone is 4. The van der Waals surface area contributed by atoms with Crippen LogP contribution >= 0.6 is 11.6 Å². The fourth-order valence-corrected chi connectivity index (χ4v) is 3.75. The van der Waals surface area contributed by atoms with Gasteiger partial charge in [-0.15, -0.1) is 11.6 Å². The van der Waals surface area contributed by atoms with E-state index >= 15 is 0 Å². The number of halogens is 5. The molecule has 0 bridgehead atoms. The second-order valence-corrected chi connectivity index (χ2v) is 8.09. The first-order valence-electron chi connectivity index (χ1n) is 8.99. The molecule has 1 aromatic rings. The molecule has 1 heterocycles. The van der Waals surface area contributed by atoms with E-state index in [1.54, 1.807) is 0 Å². The van der Waals surface area contributed by atoms with Crippen LogP contribution in [-0.4, -0.2) is 29.4 Å². The molecule has 1 aliphatic carbocycles. The van der Waals surface area contributed by atoms with Crippen molar-refractivity contribution in [1.29, 1.82) is 0 Å². The number of benzene rings is 1. The second-order valence-electron chi connectivity index (χ2n) is 7.27. The van der Waals surface area contributed by atoms with Crippen LogP contribution in [0.2, 0.25) is 0 Å². The van der Waals surface area contributed by atoms with Crippen LogP contribution in [0.5, 0.6) is 0 Å². The molecule has 156 valence electrons. The number of alkyl halides is 5. The van der Waals surface area contributed by atoms with Crippen molar-refractivity contribution >= 4 is 23.4 Å². The molecule has 0 saturated carbocycles. The van der Waals surface area contributed by atoms with E-state index in [4.69, 9.17) is 11.6 Å². The molecule has 1 aromatic carbocycles. The normalized spacial score (nSPS) is 29.8. The standard InChI is InChI=1S/C20H19ClF4N2O2/c1-19(21)8-3-6-14(16(19)22)27-18(29)15-13(7-9-26-17(15)28)11-4-2-5-12(10-11)20(23,24)25/h2-6,8,10,13,15-16H,7,9H2,1H3,(H,26,28)(H,27,29)/t13-,15-,16?,19?/m1/s1. The van der Waals surface area contributed by atoms with Crippen LogP contribution in [0.1, 0.15) is 30.4 Å². The topological polar surface area (TPSA) is 58.2 Å². The number of carbonyl (C=O) groups is 2. The van der Waals surface area contributed by atoms with E-state index < -0.39 is 46.4 Å². The molecular formula is C20H19ClF4N2O2. The van der Waals surface area contributed by atoms with Gasteiger partial charge in [-0.3, -0.25) is 9.59 Å². The van der Waals surface area contributed by atoms with Gasteiger partial charge in [-0.2, -0.15) is 13.2 Å². The van der Waals surface area contributed by atoms with E-state index in [1.807, 2.05) is 0 Å². The van der Waals surface area contributed by atoms with E-state index in [0.717, 1.165) is 12.1 Å². The predicted octanol–water partition coefficient (Wildman–Crippen LogP) is 3.83. The van der Waals surface area contributed by atoms with Gasteiger partial charge in [0, 0.05) is 12.5 Å². The summed E-state index contributed by atoms with van der Waals surface area (Å²) in [6, 6.07) is 4.56. The van der Waals surface area contributed by atoms with Crippen molar-refractivity contribution in [2.24, 2.45) is 5.92 Å². The first-order valence-corrected chi connectivity index (χ1v) is 9.36. The lowest BCUT2D eigenvalue weighted by Crippen LogP contribution is -2.50. The highest BCUT2D eigenvalue weighted by Crippen LogP contribution is 2.36. The third-order valence-electron chi connectivity index (χ3n) is 5.10. The highest BCUT2D eigenvalue weighted by molar-refractivity contribution is 6.25. The van der Waals surface area contributed by atoms with E-state index in [2.05, 4.69) is 10.6 Å². The third kappa shape index (κ3) is 4.47. The Morgan fingerprint density at radius 2 is 2.07 bits per heavy atom. The minimum atomic E-state index is -4.55. The Kier molecular flexibility index (Phi) is 5.76. The first-order chi connectivity index (χ1) is 13.5. The lowest BCUT2D eigenvalue weighted by atomic mass is 9.79. The highest BCUT2D eigenvalue weighted by atomic mass is 35.5. The maximum absolute atomic E-state index is 14.6. The fourth-order valence-electron chi connectivity index (χ4n) is 3.55. The van der Waals surface area contributed by atoms with Crippen LogP contribution in [-0.2, 0) is 15.8 Å². The monoisotopic (exact) mass is 430 g/mol. The van der Waals surface area contributed by atoms with Crippen LogP contribution in [0.15, 0.2) is 48.2 Å². The van der Waals surface area contributed by atoms with Crippen molar-refractivity contribution in [2.75, 3.05) is 6.54 Å². The number of amides is 2. The minimum absolute atomic E-state index is 0.101. The number of carbonyl (C=O) groups excluding carboxylic acids is 2. The molecule has 4 atom stereocenters. The second kappa shape index (κ2) is 7.82. The number of piperidine rings is 1. The lowest BCUT2D eigenvalue weighted by Gasteiger charge is -2.33. The lowest BCUT2D eigenvalue weighted by molar-refractivity contribution is -0.138. The van der Waals surface area contributed by atoms with Gasteiger partial charge >= 0.3 is 6.18 Å². The van der Waals surface area contributed by atoms with Gasteiger partial charge in [0.1, 0.15) is 5.92 Å². The zero-order chi connectivity index (χ0) is 21.4. The van der Waals surface area contributed by atoms with Gasteiger partial charge < -0.3 is 10.6 Å². The van der Waals surface area contributed by atoms with Crippen molar-refractivity contribution < 1.29 is 27.2 Å². The average molecular weight is 431 g/mol. The zero-order valence-electron chi connectivity index (χ0n) is 15.4. The summed E-state index contributed by atoms with van der Waals surface area (Å²) in [5.41, 5.74) is -0.732. The summed E-state index contributed by atoms with van der Waals surface area (Å²) in [6.07, 6.45) is -1.71. The molecule has 4 nitrogen and oxygen atoms in total. The SMILES string of the molecule is CC1(Cl)C=CC=C(NC(=O)[C@H]2C(=O)NCC[C@@H]2c2cccc(C(F)(F)F)c2)C1F. The Morgan fingerprint density at radius 3 is 2.76 bits per heavy atom. The van der Waals surface area contributed by atoms with E-state index in [1.165, 1.54) is 37.3 Å². The van der Waals surface area contributed by atoms with Crippen molar-refractivity contribution in [3.05, 3.63) is 59.3 Å². The van der Waals surface area contributed by atoms with Crippen molar-refractivity contribution in [3.63, 3.8) is 0 Å². The number of hydrogen-bond donors (Lipinski definition) is 2. The molecule has 2 amide bonds. The Morgan fingerprint density at radius 1 is 1.34 bits per heavy atom. The summed E-state index contributed by atoms with van der Waals surface area (Å²) in [5.74, 6) is -3.48. The zero-order valence-corrected chi connectivity index (χ0v) is 16.1. The van der Waals surface area contributed by atoms with Crippen molar-refractivity contribution in [1.82, 2.24) is 10.6 Å². The van der Waals surface area contributed by atoms with Crippen LogP contribution in [0.4, 0.5) is 17.6 Å². The van der Waals surface area contributed by atoms with Crippen LogP contribution in [0.3, 0.4) is 0 Å². The van der Waals surface area contributed by atoms with Gasteiger partial charge in [-0.1, -0.05) is 30.4 Å². The summed E-state index contributed by atoms with van der Waals surface area (Å²) in [5, 5.41) is 4.94. The summed E-state index contributed by atoms with van der Waals surface area (Å²) in [6.45, 7) is 1.66. The molecule has 2 unspecified atom stereocenters. The molecule has 0 radical (unpaired) electrons. The van der Waals surface area contributed by atoms with E-state index in [-0.39, 0.29) is 24.2 Å². The van der Waals surface area contributed by atoms with Gasteiger partial charge in [0.25, 0.3) is 0 Å². The molecule has 2 N–H and O–H groups in total. The molecule has 1 aliphatic heterocycles. The average Bonchev–Trinajstić information content (AvgIpc) is 2.64. The fraction of sp³-hybridized carbons (Fsp3) is 0.400. The summed E-state index contributed by atoms with van der Waals surface area (Å²) < 4.78 is 53.8. The van der Waals surface area contributed by atoms with Gasteiger partial charge in [0.05, 0.1) is 16.1 Å². The molecule has 3 rings (SSSR count). The van der Waals surface area contributed by atoms with Gasteiger partial charge in [-0.05, 0) is 31.1 Å². The summed E-state index contributed by atoms with van der Waals surface area (Å²) in [7, 11) is 0. The summed E-state index contributed by atoms with van der Waals surface area (Å²) in [4.78, 5) is 23.9. The maximum atomic E-state index is 14.6. The molecule has 0 aromatic heterocycles. The van der Waals surface area contributed by atoms with E-state index in [9.17, 15) is 27.2 Å². The number of hydrogen-bond acceptors (Lipinski definition) is 2. The van der Waals surface area contributed by atoms with E-state index in [0.29, 0.717) is 0 Å². The van der Waals surface area contributed by atoms with Gasteiger partial charge in [0.2, 0.25) is 11.8 Å².